The highest BCUT2D eigenvalue weighted by molar-refractivity contribution is 6.32. The van der Waals surface area contributed by atoms with Crippen LogP contribution in [0.25, 0.3) is 11.0 Å². The summed E-state index contributed by atoms with van der Waals surface area (Å²) in [6.07, 6.45) is 0. The zero-order chi connectivity index (χ0) is 18.0. The molecule has 1 N–H and O–H groups in total. The SMILES string of the molecule is COc1cc(C(=O)N[C@@H](C)c2cc3ccccc3o2)cc(Cl)c1OC. The van der Waals surface area contributed by atoms with Gasteiger partial charge in [0.25, 0.3) is 5.91 Å². The number of benzene rings is 2. The van der Waals surface area contributed by atoms with Crippen LogP contribution in [0.4, 0.5) is 0 Å². The fraction of sp³-hybridized carbons (Fsp3) is 0.211. The first-order chi connectivity index (χ1) is 12.0. The molecule has 130 valence electrons. The molecule has 25 heavy (non-hydrogen) atoms. The molecule has 0 aliphatic heterocycles. The number of carbonyl (C=O) groups is 1. The number of hydrogen-bond donors (Lipinski definition) is 1. The summed E-state index contributed by atoms with van der Waals surface area (Å²) in [5.41, 5.74) is 1.17. The van der Waals surface area contributed by atoms with Crippen LogP contribution < -0.4 is 14.8 Å². The van der Waals surface area contributed by atoms with Crippen molar-refractivity contribution < 1.29 is 18.7 Å². The van der Waals surface area contributed by atoms with E-state index in [1.165, 1.54) is 14.2 Å². The maximum absolute atomic E-state index is 12.6. The highest BCUT2D eigenvalue weighted by Gasteiger charge is 2.19. The number of rotatable bonds is 5. The van der Waals surface area contributed by atoms with E-state index < -0.39 is 0 Å². The largest absolute Gasteiger partial charge is 0.493 e. The van der Waals surface area contributed by atoms with E-state index in [2.05, 4.69) is 5.32 Å². The number of halogens is 1. The summed E-state index contributed by atoms with van der Waals surface area (Å²) in [5.74, 6) is 1.19. The van der Waals surface area contributed by atoms with Gasteiger partial charge in [0.2, 0.25) is 0 Å². The Morgan fingerprint density at radius 1 is 1.16 bits per heavy atom. The van der Waals surface area contributed by atoms with Gasteiger partial charge < -0.3 is 19.2 Å². The van der Waals surface area contributed by atoms with Gasteiger partial charge in [-0.2, -0.15) is 0 Å². The van der Waals surface area contributed by atoms with E-state index in [1.54, 1.807) is 12.1 Å². The van der Waals surface area contributed by atoms with Crippen LogP contribution in [0.3, 0.4) is 0 Å². The van der Waals surface area contributed by atoms with Crippen LogP contribution in [0.15, 0.2) is 46.9 Å². The smallest absolute Gasteiger partial charge is 0.252 e. The zero-order valence-corrected chi connectivity index (χ0v) is 14.9. The van der Waals surface area contributed by atoms with Crippen LogP contribution in [0.2, 0.25) is 5.02 Å². The molecule has 0 aliphatic carbocycles. The van der Waals surface area contributed by atoms with Crippen LogP contribution in [-0.2, 0) is 0 Å². The summed E-state index contributed by atoms with van der Waals surface area (Å²) in [5, 5.41) is 4.20. The third kappa shape index (κ3) is 3.42. The van der Waals surface area contributed by atoms with Crippen LogP contribution >= 0.6 is 11.6 Å². The van der Waals surface area contributed by atoms with Crippen LogP contribution in [0.1, 0.15) is 29.1 Å². The summed E-state index contributed by atoms with van der Waals surface area (Å²) >= 11 is 6.16. The minimum atomic E-state index is -0.299. The van der Waals surface area contributed by atoms with E-state index in [0.717, 1.165) is 11.0 Å². The molecule has 1 aromatic heterocycles. The molecule has 2 aromatic carbocycles. The summed E-state index contributed by atoms with van der Waals surface area (Å²) in [7, 11) is 2.99. The minimum absolute atomic E-state index is 0.282. The Labute approximate surface area is 150 Å². The zero-order valence-electron chi connectivity index (χ0n) is 14.1. The molecule has 0 radical (unpaired) electrons. The third-order valence-electron chi connectivity index (χ3n) is 3.91. The fourth-order valence-electron chi connectivity index (χ4n) is 2.62. The first-order valence-corrected chi connectivity index (χ1v) is 8.12. The average molecular weight is 360 g/mol. The molecule has 0 saturated carbocycles. The number of hydrogen-bond acceptors (Lipinski definition) is 4. The summed E-state index contributed by atoms with van der Waals surface area (Å²) in [6, 6.07) is 12.5. The van der Waals surface area contributed by atoms with E-state index in [1.807, 2.05) is 37.3 Å². The van der Waals surface area contributed by atoms with Gasteiger partial charge in [0, 0.05) is 10.9 Å². The molecule has 6 heteroatoms. The molecule has 0 saturated heterocycles. The van der Waals surface area contributed by atoms with Crippen molar-refractivity contribution in [2.24, 2.45) is 0 Å². The van der Waals surface area contributed by atoms with Crippen molar-refractivity contribution in [1.82, 2.24) is 5.32 Å². The molecule has 1 heterocycles. The molecular weight excluding hydrogens is 342 g/mol. The van der Waals surface area contributed by atoms with E-state index in [9.17, 15) is 4.79 Å². The van der Waals surface area contributed by atoms with Gasteiger partial charge in [0.15, 0.2) is 11.5 Å². The highest BCUT2D eigenvalue weighted by atomic mass is 35.5. The topological polar surface area (TPSA) is 60.7 Å². The fourth-order valence-corrected chi connectivity index (χ4v) is 2.90. The van der Waals surface area contributed by atoms with Gasteiger partial charge >= 0.3 is 0 Å². The average Bonchev–Trinajstić information content (AvgIpc) is 3.05. The first kappa shape index (κ1) is 17.2. The van der Waals surface area contributed by atoms with Crippen LogP contribution in [0, 0.1) is 0 Å². The summed E-state index contributed by atoms with van der Waals surface area (Å²) in [6.45, 7) is 1.86. The number of para-hydroxylation sites is 1. The Hall–Kier alpha value is -2.66. The third-order valence-corrected chi connectivity index (χ3v) is 4.20. The van der Waals surface area contributed by atoms with Crippen molar-refractivity contribution in [1.29, 1.82) is 0 Å². The second-order valence-electron chi connectivity index (χ2n) is 5.58. The Morgan fingerprint density at radius 2 is 1.92 bits per heavy atom. The standard InChI is InChI=1S/C19H18ClNO4/c1-11(16-9-12-6-4-5-7-15(12)25-16)21-19(22)13-8-14(20)18(24-3)17(10-13)23-2/h4-11H,1-3H3,(H,21,22)/t11-/m0/s1. The molecule has 1 atom stereocenters. The molecule has 0 unspecified atom stereocenters. The van der Waals surface area contributed by atoms with Gasteiger partial charge in [-0.1, -0.05) is 29.8 Å². The number of fused-ring (bicyclic) bond motifs is 1. The van der Waals surface area contributed by atoms with Gasteiger partial charge in [-0.25, -0.2) is 0 Å². The lowest BCUT2D eigenvalue weighted by Crippen LogP contribution is -2.26. The molecular formula is C19H18ClNO4. The van der Waals surface area contributed by atoms with Crippen molar-refractivity contribution in [2.45, 2.75) is 13.0 Å². The predicted molar refractivity (Wildman–Crippen MR) is 96.7 cm³/mol. The Bertz CT molecular complexity index is 886. The number of ether oxygens (including phenoxy) is 2. The maximum atomic E-state index is 12.6. The number of furan rings is 1. The molecule has 0 aliphatic rings. The lowest BCUT2D eigenvalue weighted by Gasteiger charge is -2.14. The van der Waals surface area contributed by atoms with Gasteiger partial charge in [-0.15, -0.1) is 0 Å². The molecule has 0 fully saturated rings. The Kier molecular flexibility index (Phi) is 4.86. The van der Waals surface area contributed by atoms with E-state index in [-0.39, 0.29) is 11.9 Å². The normalized spacial score (nSPS) is 12.0. The van der Waals surface area contributed by atoms with Crippen molar-refractivity contribution >= 4 is 28.5 Å². The van der Waals surface area contributed by atoms with E-state index >= 15 is 0 Å². The van der Waals surface area contributed by atoms with Crippen molar-refractivity contribution in [2.75, 3.05) is 14.2 Å². The van der Waals surface area contributed by atoms with Crippen molar-refractivity contribution in [3.05, 3.63) is 58.8 Å². The van der Waals surface area contributed by atoms with Gasteiger partial charge in [0.1, 0.15) is 11.3 Å². The van der Waals surface area contributed by atoms with Gasteiger partial charge in [-0.05, 0) is 31.2 Å². The monoisotopic (exact) mass is 359 g/mol. The quantitative estimate of drug-likeness (QED) is 0.723. The first-order valence-electron chi connectivity index (χ1n) is 7.74. The molecule has 0 bridgehead atoms. The van der Waals surface area contributed by atoms with Crippen LogP contribution in [0.5, 0.6) is 11.5 Å². The van der Waals surface area contributed by atoms with Crippen molar-refractivity contribution in [3.8, 4) is 11.5 Å². The summed E-state index contributed by atoms with van der Waals surface area (Å²) in [4.78, 5) is 12.6. The molecule has 0 spiro atoms. The number of carbonyl (C=O) groups excluding carboxylic acids is 1. The maximum Gasteiger partial charge on any atom is 0.252 e. The second kappa shape index (κ2) is 7.07. The molecule has 3 aromatic rings. The Balaban J connectivity index is 1.82. The number of amides is 1. The number of methoxy groups -OCH3 is 2. The predicted octanol–water partition coefficient (Wildman–Crippen LogP) is 4.59. The highest BCUT2D eigenvalue weighted by Crippen LogP contribution is 2.36. The van der Waals surface area contributed by atoms with E-state index in [0.29, 0.717) is 27.8 Å². The molecule has 1 amide bonds. The molecule has 3 rings (SSSR count). The van der Waals surface area contributed by atoms with Crippen LogP contribution in [-0.4, -0.2) is 20.1 Å². The lowest BCUT2D eigenvalue weighted by molar-refractivity contribution is 0.0935. The van der Waals surface area contributed by atoms with Crippen molar-refractivity contribution in [3.63, 3.8) is 0 Å². The van der Waals surface area contributed by atoms with Gasteiger partial charge in [0.05, 0.1) is 25.3 Å². The van der Waals surface area contributed by atoms with Gasteiger partial charge in [-0.3, -0.25) is 4.79 Å². The van der Waals surface area contributed by atoms with E-state index in [4.69, 9.17) is 25.5 Å². The Morgan fingerprint density at radius 3 is 2.60 bits per heavy atom. The summed E-state index contributed by atoms with van der Waals surface area (Å²) < 4.78 is 16.2. The second-order valence-corrected chi connectivity index (χ2v) is 5.98. The minimum Gasteiger partial charge on any atom is -0.493 e. The molecule has 5 nitrogen and oxygen atoms in total. The number of nitrogens with one attached hydrogen (secondary N) is 1. The lowest BCUT2D eigenvalue weighted by atomic mass is 10.1.